The SMILES string of the molecule is CNCCC1CCN(CC(=O)N(C)C(c2ccccc2)c2ccccc2)CC1. The summed E-state index contributed by atoms with van der Waals surface area (Å²) in [6.45, 7) is 3.64. The van der Waals surface area contributed by atoms with Crippen molar-refractivity contribution in [1.82, 2.24) is 15.1 Å². The predicted molar refractivity (Wildman–Crippen MR) is 115 cm³/mol. The zero-order chi connectivity index (χ0) is 19.8. The predicted octanol–water partition coefficient (Wildman–Crippen LogP) is 3.56. The Kier molecular flexibility index (Phi) is 7.63. The molecule has 1 aliphatic rings. The minimum atomic E-state index is -0.0527. The van der Waals surface area contributed by atoms with E-state index >= 15 is 0 Å². The molecule has 1 heterocycles. The fourth-order valence-corrected chi connectivity index (χ4v) is 4.14. The Morgan fingerprint density at radius 1 is 1.04 bits per heavy atom. The van der Waals surface area contributed by atoms with Crippen LogP contribution in [0.5, 0.6) is 0 Å². The lowest BCUT2D eigenvalue weighted by Gasteiger charge is -2.34. The van der Waals surface area contributed by atoms with Gasteiger partial charge in [0.1, 0.15) is 0 Å². The molecule has 1 amide bonds. The third kappa shape index (κ3) is 5.43. The van der Waals surface area contributed by atoms with Gasteiger partial charge in [0.15, 0.2) is 0 Å². The highest BCUT2D eigenvalue weighted by Gasteiger charge is 2.26. The second-order valence-electron chi connectivity index (χ2n) is 7.84. The molecule has 0 spiro atoms. The average molecular weight is 380 g/mol. The molecule has 3 rings (SSSR count). The van der Waals surface area contributed by atoms with Gasteiger partial charge in [0.25, 0.3) is 0 Å². The van der Waals surface area contributed by atoms with Crippen LogP contribution in [0.3, 0.4) is 0 Å². The lowest BCUT2D eigenvalue weighted by molar-refractivity contribution is -0.133. The van der Waals surface area contributed by atoms with Crippen LogP contribution < -0.4 is 5.32 Å². The third-order valence-electron chi connectivity index (χ3n) is 5.88. The summed E-state index contributed by atoms with van der Waals surface area (Å²) in [7, 11) is 3.95. The zero-order valence-electron chi connectivity index (χ0n) is 17.2. The number of carbonyl (C=O) groups is 1. The first-order chi connectivity index (χ1) is 13.7. The molecule has 1 N–H and O–H groups in total. The molecule has 28 heavy (non-hydrogen) atoms. The number of piperidine rings is 1. The molecule has 1 aliphatic heterocycles. The normalized spacial score (nSPS) is 15.7. The van der Waals surface area contributed by atoms with Crippen molar-refractivity contribution in [2.45, 2.75) is 25.3 Å². The summed E-state index contributed by atoms with van der Waals surface area (Å²) in [5.74, 6) is 0.976. The number of rotatable bonds is 8. The van der Waals surface area contributed by atoms with Crippen molar-refractivity contribution in [1.29, 1.82) is 0 Å². The van der Waals surface area contributed by atoms with Crippen molar-refractivity contribution in [2.24, 2.45) is 5.92 Å². The van der Waals surface area contributed by atoms with Gasteiger partial charge in [-0.15, -0.1) is 0 Å². The Morgan fingerprint density at radius 2 is 1.57 bits per heavy atom. The van der Waals surface area contributed by atoms with E-state index in [9.17, 15) is 4.79 Å². The molecule has 1 fully saturated rings. The van der Waals surface area contributed by atoms with Gasteiger partial charge in [0, 0.05) is 7.05 Å². The van der Waals surface area contributed by atoms with Crippen LogP contribution in [0.4, 0.5) is 0 Å². The van der Waals surface area contributed by atoms with E-state index in [2.05, 4.69) is 34.5 Å². The van der Waals surface area contributed by atoms with Crippen molar-refractivity contribution >= 4 is 5.91 Å². The van der Waals surface area contributed by atoms with Crippen LogP contribution in [0.25, 0.3) is 0 Å². The molecule has 2 aromatic carbocycles. The third-order valence-corrected chi connectivity index (χ3v) is 5.88. The van der Waals surface area contributed by atoms with Crippen molar-refractivity contribution < 1.29 is 4.79 Å². The Balaban J connectivity index is 1.65. The van der Waals surface area contributed by atoms with Crippen molar-refractivity contribution in [3.63, 3.8) is 0 Å². The second-order valence-corrected chi connectivity index (χ2v) is 7.84. The maximum absolute atomic E-state index is 13.1. The molecule has 150 valence electrons. The number of benzene rings is 2. The van der Waals surface area contributed by atoms with Crippen LogP contribution >= 0.6 is 0 Å². The number of hydrogen-bond donors (Lipinski definition) is 1. The Morgan fingerprint density at radius 3 is 2.07 bits per heavy atom. The highest BCUT2D eigenvalue weighted by molar-refractivity contribution is 5.79. The number of likely N-dealkylation sites (N-methyl/N-ethyl adjacent to an activating group) is 1. The summed E-state index contributed by atoms with van der Waals surface area (Å²) in [6, 6.07) is 20.6. The fraction of sp³-hybridized carbons (Fsp3) is 0.458. The van der Waals surface area contributed by atoms with Crippen LogP contribution in [0.15, 0.2) is 60.7 Å². The monoisotopic (exact) mass is 379 g/mol. The van der Waals surface area contributed by atoms with E-state index in [1.54, 1.807) is 0 Å². The van der Waals surface area contributed by atoms with E-state index in [0.29, 0.717) is 6.54 Å². The van der Waals surface area contributed by atoms with Gasteiger partial charge in [-0.2, -0.15) is 0 Å². The van der Waals surface area contributed by atoms with Crippen LogP contribution in [-0.4, -0.2) is 56.0 Å². The molecule has 0 aromatic heterocycles. The van der Waals surface area contributed by atoms with E-state index in [0.717, 1.165) is 36.7 Å². The molecule has 0 saturated carbocycles. The maximum atomic E-state index is 13.1. The number of amides is 1. The van der Waals surface area contributed by atoms with Gasteiger partial charge in [-0.25, -0.2) is 0 Å². The van der Waals surface area contributed by atoms with E-state index < -0.39 is 0 Å². The van der Waals surface area contributed by atoms with Crippen LogP contribution in [0.1, 0.15) is 36.4 Å². The zero-order valence-corrected chi connectivity index (χ0v) is 17.2. The summed E-state index contributed by atoms with van der Waals surface area (Å²) in [5, 5.41) is 3.24. The maximum Gasteiger partial charge on any atom is 0.237 e. The lowest BCUT2D eigenvalue weighted by atomic mass is 9.93. The Bertz CT molecular complexity index is 672. The van der Waals surface area contributed by atoms with Gasteiger partial charge >= 0.3 is 0 Å². The minimum Gasteiger partial charge on any atom is -0.334 e. The van der Waals surface area contributed by atoms with Gasteiger partial charge in [-0.3, -0.25) is 9.69 Å². The van der Waals surface area contributed by atoms with Crippen LogP contribution in [-0.2, 0) is 4.79 Å². The summed E-state index contributed by atoms with van der Waals surface area (Å²) in [6.07, 6.45) is 3.63. The van der Waals surface area contributed by atoms with Crippen LogP contribution in [0.2, 0.25) is 0 Å². The molecule has 0 aliphatic carbocycles. The number of carbonyl (C=O) groups excluding carboxylic acids is 1. The first-order valence-corrected chi connectivity index (χ1v) is 10.4. The molecule has 0 bridgehead atoms. The van der Waals surface area contributed by atoms with E-state index in [1.165, 1.54) is 19.3 Å². The molecule has 1 saturated heterocycles. The average Bonchev–Trinajstić information content (AvgIpc) is 2.75. The van der Waals surface area contributed by atoms with Crippen molar-refractivity contribution in [3.05, 3.63) is 71.8 Å². The van der Waals surface area contributed by atoms with Gasteiger partial charge in [0.05, 0.1) is 12.6 Å². The molecule has 4 nitrogen and oxygen atoms in total. The molecule has 0 radical (unpaired) electrons. The van der Waals surface area contributed by atoms with Gasteiger partial charge in [-0.05, 0) is 63.0 Å². The lowest BCUT2D eigenvalue weighted by Crippen LogP contribution is -2.43. The molecule has 0 unspecified atom stereocenters. The first-order valence-electron chi connectivity index (χ1n) is 10.4. The summed E-state index contributed by atoms with van der Waals surface area (Å²) >= 11 is 0. The number of likely N-dealkylation sites (tertiary alicyclic amines) is 1. The smallest absolute Gasteiger partial charge is 0.237 e. The number of hydrogen-bond acceptors (Lipinski definition) is 3. The van der Waals surface area contributed by atoms with Gasteiger partial charge in [0.2, 0.25) is 5.91 Å². The molecule has 0 atom stereocenters. The topological polar surface area (TPSA) is 35.6 Å². The molecular weight excluding hydrogens is 346 g/mol. The van der Waals surface area contributed by atoms with Gasteiger partial charge in [-0.1, -0.05) is 60.7 Å². The first kappa shape index (κ1) is 20.6. The standard InChI is InChI=1S/C24H33N3O/c1-25-16-13-20-14-17-27(18-15-20)19-23(28)26(2)24(21-9-5-3-6-10-21)22-11-7-4-8-12-22/h3-12,20,24-25H,13-19H2,1-2H3. The van der Waals surface area contributed by atoms with E-state index in [1.807, 2.05) is 55.4 Å². The quantitative estimate of drug-likeness (QED) is 0.762. The summed E-state index contributed by atoms with van der Waals surface area (Å²) in [4.78, 5) is 17.4. The fourth-order valence-electron chi connectivity index (χ4n) is 4.14. The number of nitrogens with zero attached hydrogens (tertiary/aromatic N) is 2. The summed E-state index contributed by atoms with van der Waals surface area (Å²) < 4.78 is 0. The van der Waals surface area contributed by atoms with E-state index in [4.69, 9.17) is 0 Å². The van der Waals surface area contributed by atoms with Crippen molar-refractivity contribution in [3.8, 4) is 0 Å². The molecular formula is C24H33N3O. The second kappa shape index (κ2) is 10.4. The highest BCUT2D eigenvalue weighted by Crippen LogP contribution is 2.28. The molecule has 2 aromatic rings. The van der Waals surface area contributed by atoms with Gasteiger partial charge < -0.3 is 10.2 Å². The van der Waals surface area contributed by atoms with E-state index in [-0.39, 0.29) is 11.9 Å². The van der Waals surface area contributed by atoms with Crippen molar-refractivity contribution in [2.75, 3.05) is 40.3 Å². The van der Waals surface area contributed by atoms with Crippen LogP contribution in [0, 0.1) is 5.92 Å². The summed E-state index contributed by atoms with van der Waals surface area (Å²) in [5.41, 5.74) is 2.30. The molecule has 4 heteroatoms. The minimum absolute atomic E-state index is 0.0527. The highest BCUT2D eigenvalue weighted by atomic mass is 16.2. The Labute approximate surface area is 169 Å². The largest absolute Gasteiger partial charge is 0.334 e. The Hall–Kier alpha value is -2.17. The number of nitrogens with one attached hydrogen (secondary N) is 1.